The monoisotopic (exact) mass is 290 g/mol. The zero-order chi connectivity index (χ0) is 15.0. The van der Waals surface area contributed by atoms with Crippen molar-refractivity contribution < 1.29 is 4.74 Å². The molecule has 0 fully saturated rings. The topological polar surface area (TPSA) is 34.1 Å². The first-order valence-electron chi connectivity index (χ1n) is 7.30. The molecule has 2 aromatic carbocycles. The number of hydrogen-bond acceptors (Lipinski definition) is 3. The molecule has 0 aliphatic carbocycles. The van der Waals surface area contributed by atoms with Crippen molar-refractivity contribution in [2.75, 3.05) is 5.32 Å². The first kappa shape index (κ1) is 14.1. The van der Waals surface area contributed by atoms with E-state index in [4.69, 9.17) is 4.74 Å². The Morgan fingerprint density at radius 1 is 0.818 bits per heavy atom. The number of ether oxygens (including phenoxy) is 1. The van der Waals surface area contributed by atoms with Crippen molar-refractivity contribution in [3.05, 3.63) is 90.3 Å². The van der Waals surface area contributed by atoms with Gasteiger partial charge in [0.2, 0.25) is 0 Å². The lowest BCUT2D eigenvalue weighted by Gasteiger charge is -2.09. The normalized spacial score (nSPS) is 10.2. The van der Waals surface area contributed by atoms with Crippen molar-refractivity contribution in [2.45, 2.75) is 13.2 Å². The molecular weight excluding hydrogens is 272 g/mol. The lowest BCUT2D eigenvalue weighted by Crippen LogP contribution is -2.00. The summed E-state index contributed by atoms with van der Waals surface area (Å²) in [6, 6.07) is 22.2. The van der Waals surface area contributed by atoms with E-state index in [0.29, 0.717) is 6.61 Å². The van der Waals surface area contributed by atoms with Gasteiger partial charge in [-0.25, -0.2) is 0 Å². The molecule has 3 heteroatoms. The summed E-state index contributed by atoms with van der Waals surface area (Å²) in [5.74, 6) is 0.871. The van der Waals surface area contributed by atoms with Crippen LogP contribution in [0.3, 0.4) is 0 Å². The van der Waals surface area contributed by atoms with E-state index in [-0.39, 0.29) is 0 Å². The van der Waals surface area contributed by atoms with Crippen LogP contribution in [0.1, 0.15) is 11.1 Å². The molecule has 0 spiro atoms. The lowest BCUT2D eigenvalue weighted by atomic mass is 10.2. The third-order valence-electron chi connectivity index (χ3n) is 3.32. The lowest BCUT2D eigenvalue weighted by molar-refractivity contribution is 0.306. The van der Waals surface area contributed by atoms with E-state index >= 15 is 0 Å². The minimum atomic E-state index is 0.587. The quantitative estimate of drug-likeness (QED) is 0.736. The third kappa shape index (κ3) is 4.09. The highest BCUT2D eigenvalue weighted by Crippen LogP contribution is 2.17. The Morgan fingerprint density at radius 2 is 1.59 bits per heavy atom. The SMILES string of the molecule is c1ccc(COc2ccc(NCc3cccnc3)cc2)cc1. The van der Waals surface area contributed by atoms with Gasteiger partial charge in [0.1, 0.15) is 12.4 Å². The standard InChI is InChI=1S/C19H18N2O/c1-2-5-16(6-3-1)15-22-19-10-8-18(9-11-19)21-14-17-7-4-12-20-13-17/h1-13,21H,14-15H2. The third-order valence-corrected chi connectivity index (χ3v) is 3.32. The first-order chi connectivity index (χ1) is 10.9. The minimum absolute atomic E-state index is 0.587. The molecule has 0 aliphatic rings. The number of aromatic nitrogens is 1. The second-order valence-electron chi connectivity index (χ2n) is 5.01. The van der Waals surface area contributed by atoms with E-state index in [2.05, 4.69) is 28.5 Å². The Labute approximate surface area is 130 Å². The number of nitrogens with one attached hydrogen (secondary N) is 1. The molecule has 0 saturated heterocycles. The Hall–Kier alpha value is -2.81. The van der Waals surface area contributed by atoms with Crippen molar-refractivity contribution >= 4 is 5.69 Å². The van der Waals surface area contributed by atoms with Crippen LogP contribution in [0.25, 0.3) is 0 Å². The van der Waals surface area contributed by atoms with E-state index in [0.717, 1.165) is 23.5 Å². The van der Waals surface area contributed by atoms with Crippen molar-refractivity contribution in [2.24, 2.45) is 0 Å². The van der Waals surface area contributed by atoms with Gasteiger partial charge in [-0.05, 0) is 41.5 Å². The number of anilines is 1. The van der Waals surface area contributed by atoms with Gasteiger partial charge in [0.05, 0.1) is 0 Å². The van der Waals surface area contributed by atoms with E-state index in [1.54, 1.807) is 6.20 Å². The summed E-state index contributed by atoms with van der Waals surface area (Å²) in [6.45, 7) is 1.35. The molecule has 0 unspecified atom stereocenters. The van der Waals surface area contributed by atoms with E-state index in [1.807, 2.05) is 54.7 Å². The molecule has 3 rings (SSSR count). The van der Waals surface area contributed by atoms with Gasteiger partial charge in [-0.1, -0.05) is 36.4 Å². The molecular formula is C19H18N2O. The summed E-state index contributed by atoms with van der Waals surface area (Å²) in [5.41, 5.74) is 3.39. The fourth-order valence-corrected chi connectivity index (χ4v) is 2.12. The van der Waals surface area contributed by atoms with Crippen LogP contribution in [0.15, 0.2) is 79.1 Å². The van der Waals surface area contributed by atoms with Crippen LogP contribution in [-0.4, -0.2) is 4.98 Å². The van der Waals surface area contributed by atoms with Crippen molar-refractivity contribution in [3.8, 4) is 5.75 Å². The Bertz CT molecular complexity index is 619. The summed E-state index contributed by atoms with van der Waals surface area (Å²) in [7, 11) is 0. The molecule has 0 saturated carbocycles. The van der Waals surface area contributed by atoms with Gasteiger partial charge >= 0.3 is 0 Å². The van der Waals surface area contributed by atoms with Crippen LogP contribution in [0.4, 0.5) is 5.69 Å². The van der Waals surface area contributed by atoms with Gasteiger partial charge in [-0.2, -0.15) is 0 Å². The van der Waals surface area contributed by atoms with Crippen molar-refractivity contribution in [1.29, 1.82) is 0 Å². The average Bonchev–Trinajstić information content (AvgIpc) is 2.61. The maximum atomic E-state index is 5.77. The van der Waals surface area contributed by atoms with E-state index in [1.165, 1.54) is 5.56 Å². The van der Waals surface area contributed by atoms with Gasteiger partial charge in [-0.15, -0.1) is 0 Å². The molecule has 0 radical (unpaired) electrons. The molecule has 0 amide bonds. The van der Waals surface area contributed by atoms with Gasteiger partial charge in [0.25, 0.3) is 0 Å². The second-order valence-corrected chi connectivity index (χ2v) is 5.01. The van der Waals surface area contributed by atoms with Crippen LogP contribution in [0.2, 0.25) is 0 Å². The van der Waals surface area contributed by atoms with Gasteiger partial charge in [0, 0.05) is 24.6 Å². The van der Waals surface area contributed by atoms with E-state index < -0.39 is 0 Å². The number of nitrogens with zero attached hydrogens (tertiary/aromatic N) is 1. The number of benzene rings is 2. The highest BCUT2D eigenvalue weighted by atomic mass is 16.5. The molecule has 1 N–H and O–H groups in total. The van der Waals surface area contributed by atoms with Gasteiger partial charge < -0.3 is 10.1 Å². The van der Waals surface area contributed by atoms with Crippen LogP contribution in [0.5, 0.6) is 5.75 Å². The van der Waals surface area contributed by atoms with Crippen LogP contribution in [0, 0.1) is 0 Å². The molecule has 1 heterocycles. The van der Waals surface area contributed by atoms with Crippen LogP contribution in [-0.2, 0) is 13.2 Å². The predicted octanol–water partition coefficient (Wildman–Crippen LogP) is 4.27. The maximum Gasteiger partial charge on any atom is 0.119 e. The molecule has 22 heavy (non-hydrogen) atoms. The van der Waals surface area contributed by atoms with Gasteiger partial charge in [-0.3, -0.25) is 4.98 Å². The minimum Gasteiger partial charge on any atom is -0.489 e. The summed E-state index contributed by atoms with van der Waals surface area (Å²) < 4.78 is 5.77. The molecule has 0 aliphatic heterocycles. The zero-order valence-electron chi connectivity index (χ0n) is 12.3. The Balaban J connectivity index is 1.52. The van der Waals surface area contributed by atoms with E-state index in [9.17, 15) is 0 Å². The summed E-state index contributed by atoms with van der Waals surface area (Å²) in [4.78, 5) is 4.10. The molecule has 0 atom stereocenters. The van der Waals surface area contributed by atoms with Crippen LogP contribution >= 0.6 is 0 Å². The fourth-order valence-electron chi connectivity index (χ4n) is 2.12. The molecule has 0 bridgehead atoms. The molecule has 3 nitrogen and oxygen atoms in total. The second kappa shape index (κ2) is 7.27. The fraction of sp³-hybridized carbons (Fsp3) is 0.105. The maximum absolute atomic E-state index is 5.77. The van der Waals surface area contributed by atoms with Crippen molar-refractivity contribution in [1.82, 2.24) is 4.98 Å². The number of pyridine rings is 1. The number of rotatable bonds is 6. The molecule has 1 aromatic heterocycles. The highest BCUT2D eigenvalue weighted by molar-refractivity contribution is 5.46. The summed E-state index contributed by atoms with van der Waals surface area (Å²) >= 11 is 0. The summed E-state index contributed by atoms with van der Waals surface area (Å²) in [5, 5.41) is 3.37. The highest BCUT2D eigenvalue weighted by Gasteiger charge is 1.97. The average molecular weight is 290 g/mol. The van der Waals surface area contributed by atoms with Crippen LogP contribution < -0.4 is 10.1 Å². The van der Waals surface area contributed by atoms with Crippen molar-refractivity contribution in [3.63, 3.8) is 0 Å². The largest absolute Gasteiger partial charge is 0.489 e. The molecule has 110 valence electrons. The van der Waals surface area contributed by atoms with Gasteiger partial charge in [0.15, 0.2) is 0 Å². The Kier molecular flexibility index (Phi) is 4.67. The summed E-state index contributed by atoms with van der Waals surface area (Å²) in [6.07, 6.45) is 3.65. The first-order valence-corrected chi connectivity index (χ1v) is 7.30. The predicted molar refractivity (Wildman–Crippen MR) is 88.8 cm³/mol. The zero-order valence-corrected chi connectivity index (χ0v) is 12.3. The smallest absolute Gasteiger partial charge is 0.119 e. The Morgan fingerprint density at radius 3 is 2.32 bits per heavy atom. The number of hydrogen-bond donors (Lipinski definition) is 1. The molecule has 3 aromatic rings.